The van der Waals surface area contributed by atoms with Gasteiger partial charge in [0, 0.05) is 60.8 Å². The molecule has 0 aromatic heterocycles. The molecule has 0 radical (unpaired) electrons. The average molecular weight is 617 g/mol. The fourth-order valence-electron chi connectivity index (χ4n) is 7.50. The number of nitrogens with zero attached hydrogens (tertiary/aromatic N) is 3. The van der Waals surface area contributed by atoms with E-state index in [4.69, 9.17) is 0 Å². The van der Waals surface area contributed by atoms with Crippen LogP contribution in [0.25, 0.3) is 0 Å². The lowest BCUT2D eigenvalue weighted by atomic mass is 10.2. The fourth-order valence-corrected chi connectivity index (χ4v) is 13.0. The van der Waals surface area contributed by atoms with Crippen molar-refractivity contribution < 1.29 is 0 Å². The van der Waals surface area contributed by atoms with Crippen LogP contribution in [0.2, 0.25) is 12.1 Å². The maximum Gasteiger partial charge on any atom is 0.118 e. The maximum absolute atomic E-state index is 3.48. The molecule has 4 heterocycles. The molecule has 0 amide bonds. The summed E-state index contributed by atoms with van der Waals surface area (Å²) in [5, 5.41) is 3.38. The van der Waals surface area contributed by atoms with E-state index in [1.165, 1.54) is 131 Å². The van der Waals surface area contributed by atoms with Crippen LogP contribution in [0.4, 0.5) is 17.1 Å². The zero-order chi connectivity index (χ0) is 27.2. The van der Waals surface area contributed by atoms with Crippen LogP contribution in [-0.4, -0.2) is 47.3 Å². The molecule has 3 aromatic rings. The molecule has 0 aliphatic carbocycles. The van der Waals surface area contributed by atoms with Gasteiger partial charge in [-0.3, -0.25) is 0 Å². The molecule has 3 nitrogen and oxygen atoms in total. The minimum atomic E-state index is -1.65. The van der Waals surface area contributed by atoms with Gasteiger partial charge in [-0.05, 0) is 93.1 Å². The van der Waals surface area contributed by atoms with Crippen molar-refractivity contribution in [3.05, 3.63) is 77.3 Å². The van der Waals surface area contributed by atoms with E-state index < -0.39 is 8.07 Å². The third-order valence-electron chi connectivity index (χ3n) is 9.73. The van der Waals surface area contributed by atoms with E-state index in [1.807, 2.05) is 0 Å². The van der Waals surface area contributed by atoms with Crippen molar-refractivity contribution in [1.29, 1.82) is 0 Å². The third kappa shape index (κ3) is 6.31. The molecule has 0 unspecified atom stereocenters. The highest BCUT2D eigenvalue weighted by atomic mass is 79.9. The molecule has 0 spiro atoms. The molecule has 4 aliphatic rings. The maximum atomic E-state index is 3.48. The highest BCUT2D eigenvalue weighted by Gasteiger charge is 2.39. The first-order valence-electron chi connectivity index (χ1n) is 15.9. The second-order valence-electron chi connectivity index (χ2n) is 12.3. The molecule has 4 fully saturated rings. The summed E-state index contributed by atoms with van der Waals surface area (Å²) in [4.78, 5) is 7.65. The summed E-state index contributed by atoms with van der Waals surface area (Å²) in [6.07, 6.45) is 12.3. The summed E-state index contributed by atoms with van der Waals surface area (Å²) < 4.78 is 1.17. The zero-order valence-electron chi connectivity index (χ0n) is 24.2. The lowest BCUT2D eigenvalue weighted by Crippen LogP contribution is -2.59. The standard InChI is InChI=1S/C25H34N2Si.C10H12BrN/c1-6-18-28(19-7-1,24-12-8-10-22(20-24)26-14-2-3-15-26)25-13-9-11-23(21-25)27-16-4-5-17-27;11-9-4-3-5-10(8-9)12-6-1-2-7-12/h8-13,20-21H,1-7,14-19H2;3-5,8H,1-2,6-7H2. The van der Waals surface area contributed by atoms with E-state index in [-0.39, 0.29) is 0 Å². The number of rotatable bonds is 5. The van der Waals surface area contributed by atoms with Crippen molar-refractivity contribution in [3.8, 4) is 0 Å². The Morgan fingerprint density at radius 2 is 0.850 bits per heavy atom. The first-order valence-corrected chi connectivity index (χ1v) is 19.1. The Balaban J connectivity index is 0.000000201. The van der Waals surface area contributed by atoms with Gasteiger partial charge in [-0.1, -0.05) is 75.9 Å². The van der Waals surface area contributed by atoms with E-state index in [0.29, 0.717) is 0 Å². The Hall–Kier alpha value is -2.24. The van der Waals surface area contributed by atoms with Gasteiger partial charge in [-0.2, -0.15) is 0 Å². The van der Waals surface area contributed by atoms with Gasteiger partial charge in [-0.25, -0.2) is 0 Å². The van der Waals surface area contributed by atoms with Gasteiger partial charge >= 0.3 is 0 Å². The molecule has 40 heavy (non-hydrogen) atoms. The highest BCUT2D eigenvalue weighted by Crippen LogP contribution is 2.31. The molecule has 7 rings (SSSR count). The molecule has 0 N–H and O–H groups in total. The smallest absolute Gasteiger partial charge is 0.118 e. The first kappa shape index (κ1) is 27.9. The molecule has 0 bridgehead atoms. The minimum Gasteiger partial charge on any atom is -0.372 e. The predicted molar refractivity (Wildman–Crippen MR) is 180 cm³/mol. The Morgan fingerprint density at radius 3 is 1.27 bits per heavy atom. The molecule has 212 valence electrons. The van der Waals surface area contributed by atoms with Crippen molar-refractivity contribution in [2.75, 3.05) is 54.0 Å². The van der Waals surface area contributed by atoms with Crippen LogP contribution >= 0.6 is 15.9 Å². The number of halogens is 1. The average Bonchev–Trinajstić information content (AvgIpc) is 3.83. The molecule has 4 saturated heterocycles. The van der Waals surface area contributed by atoms with Gasteiger partial charge in [0.15, 0.2) is 0 Å². The van der Waals surface area contributed by atoms with Crippen LogP contribution in [0.1, 0.15) is 57.8 Å². The van der Waals surface area contributed by atoms with Gasteiger partial charge in [0.2, 0.25) is 0 Å². The van der Waals surface area contributed by atoms with Crippen molar-refractivity contribution in [1.82, 2.24) is 0 Å². The summed E-state index contributed by atoms with van der Waals surface area (Å²) in [5.74, 6) is 0. The van der Waals surface area contributed by atoms with E-state index >= 15 is 0 Å². The van der Waals surface area contributed by atoms with Crippen molar-refractivity contribution >= 4 is 51.4 Å². The molecule has 3 aromatic carbocycles. The second kappa shape index (κ2) is 13.2. The van der Waals surface area contributed by atoms with E-state index in [9.17, 15) is 0 Å². The summed E-state index contributed by atoms with van der Waals surface area (Å²) in [5.41, 5.74) is 4.30. The molecule has 0 saturated carbocycles. The summed E-state index contributed by atoms with van der Waals surface area (Å²) in [7, 11) is -1.65. The summed E-state index contributed by atoms with van der Waals surface area (Å²) >= 11 is 3.48. The largest absolute Gasteiger partial charge is 0.372 e. The van der Waals surface area contributed by atoms with Crippen molar-refractivity contribution in [2.45, 2.75) is 69.9 Å². The van der Waals surface area contributed by atoms with Crippen LogP contribution in [0.3, 0.4) is 0 Å². The summed E-state index contributed by atoms with van der Waals surface area (Å²) in [6.45, 7) is 7.39. The van der Waals surface area contributed by atoms with Gasteiger partial charge in [0.05, 0.1) is 0 Å². The van der Waals surface area contributed by atoms with E-state index in [1.54, 1.807) is 10.4 Å². The topological polar surface area (TPSA) is 9.72 Å². The van der Waals surface area contributed by atoms with Crippen LogP contribution in [0.15, 0.2) is 77.3 Å². The number of hydrogen-bond donors (Lipinski definition) is 0. The van der Waals surface area contributed by atoms with Gasteiger partial charge in [0.25, 0.3) is 0 Å². The normalized spacial score (nSPS) is 20.5. The van der Waals surface area contributed by atoms with Crippen LogP contribution in [0.5, 0.6) is 0 Å². The lowest BCUT2D eigenvalue weighted by Gasteiger charge is -2.37. The van der Waals surface area contributed by atoms with Gasteiger partial charge in [-0.15, -0.1) is 0 Å². The summed E-state index contributed by atoms with van der Waals surface area (Å²) in [6, 6.07) is 30.9. The highest BCUT2D eigenvalue weighted by molar-refractivity contribution is 9.10. The zero-order valence-corrected chi connectivity index (χ0v) is 26.8. The quantitative estimate of drug-likeness (QED) is 0.272. The molecular weight excluding hydrogens is 570 g/mol. The molecule has 5 heteroatoms. The van der Waals surface area contributed by atoms with Gasteiger partial charge < -0.3 is 14.7 Å². The van der Waals surface area contributed by atoms with Crippen molar-refractivity contribution in [3.63, 3.8) is 0 Å². The van der Waals surface area contributed by atoms with E-state index in [0.717, 1.165) is 0 Å². The Bertz CT molecular complexity index is 1180. The second-order valence-corrected chi connectivity index (χ2v) is 17.5. The van der Waals surface area contributed by atoms with Crippen LogP contribution < -0.4 is 25.1 Å². The Kier molecular flexibility index (Phi) is 9.18. The third-order valence-corrected chi connectivity index (χ3v) is 15.5. The number of anilines is 3. The first-order chi connectivity index (χ1) is 19.7. The van der Waals surface area contributed by atoms with Crippen molar-refractivity contribution in [2.24, 2.45) is 0 Å². The molecule has 0 atom stereocenters. The minimum absolute atomic E-state index is 1.17. The molecular formula is C35H46BrN3Si. The van der Waals surface area contributed by atoms with Gasteiger partial charge in [0.1, 0.15) is 8.07 Å². The van der Waals surface area contributed by atoms with E-state index in [2.05, 4.69) is 103 Å². The lowest BCUT2D eigenvalue weighted by molar-refractivity contribution is 0.720. The Morgan fingerprint density at radius 1 is 0.450 bits per heavy atom. The SMILES string of the molecule is Brc1cccc(N2CCCC2)c1.c1cc(N2CCCC2)cc([Si]2(c3cccc(N4CCCC4)c3)CCCCC2)c1. The van der Waals surface area contributed by atoms with Crippen LogP contribution in [0, 0.1) is 0 Å². The van der Waals surface area contributed by atoms with Crippen LogP contribution in [-0.2, 0) is 0 Å². The fraction of sp³-hybridized carbons (Fsp3) is 0.486. The monoisotopic (exact) mass is 615 g/mol. The Labute approximate surface area is 251 Å². The number of hydrogen-bond acceptors (Lipinski definition) is 3. The predicted octanol–water partition coefficient (Wildman–Crippen LogP) is 7.68. The molecule has 4 aliphatic heterocycles. The number of benzene rings is 3.